The fourth-order valence-corrected chi connectivity index (χ4v) is 3.37. The van der Waals surface area contributed by atoms with Crippen LogP contribution in [0.25, 0.3) is 11.1 Å². The molecule has 7 heteroatoms. The van der Waals surface area contributed by atoms with Crippen molar-refractivity contribution in [2.45, 2.75) is 11.4 Å². The van der Waals surface area contributed by atoms with Gasteiger partial charge in [0.25, 0.3) is 0 Å². The van der Waals surface area contributed by atoms with Crippen LogP contribution in [0.3, 0.4) is 0 Å². The molecule has 5 nitrogen and oxygen atoms in total. The Balaban J connectivity index is 1.71. The van der Waals surface area contributed by atoms with E-state index in [1.54, 1.807) is 29.5 Å². The average Bonchev–Trinajstić information content (AvgIpc) is 3.03. The summed E-state index contributed by atoms with van der Waals surface area (Å²) in [6.07, 6.45) is 6.84. The minimum absolute atomic E-state index is 0.101. The average molecular weight is 331 g/mol. The van der Waals surface area contributed by atoms with E-state index in [1.165, 1.54) is 12.1 Å². The minimum atomic E-state index is -3.47. The summed E-state index contributed by atoms with van der Waals surface area (Å²) in [5.74, 6) is -0.561. The number of halogens is 1. The molecule has 0 bridgehead atoms. The van der Waals surface area contributed by atoms with E-state index in [0.29, 0.717) is 0 Å². The summed E-state index contributed by atoms with van der Waals surface area (Å²) in [6.45, 7) is 0.227. The molecule has 23 heavy (non-hydrogen) atoms. The van der Waals surface area contributed by atoms with Crippen LogP contribution in [0, 0.1) is 5.82 Å². The first-order valence-corrected chi connectivity index (χ1v) is 8.61. The van der Waals surface area contributed by atoms with Gasteiger partial charge in [0.1, 0.15) is 5.82 Å². The molecule has 0 saturated heterocycles. The van der Waals surface area contributed by atoms with Crippen molar-refractivity contribution < 1.29 is 12.8 Å². The lowest BCUT2D eigenvalue weighted by molar-refractivity contribution is 0.580. The Kier molecular flexibility index (Phi) is 4.20. The van der Waals surface area contributed by atoms with E-state index >= 15 is 0 Å². The lowest BCUT2D eigenvalue weighted by Gasteiger charge is -2.04. The fraction of sp³-hybridized carbons (Fsp3) is 0.125. The molecule has 0 fully saturated rings. The van der Waals surface area contributed by atoms with E-state index in [2.05, 4.69) is 10.1 Å². The van der Waals surface area contributed by atoms with Crippen LogP contribution in [0.2, 0.25) is 0 Å². The zero-order valence-electron chi connectivity index (χ0n) is 12.1. The van der Waals surface area contributed by atoms with E-state index < -0.39 is 15.7 Å². The summed E-state index contributed by atoms with van der Waals surface area (Å²) in [5.41, 5.74) is 1.86. The van der Waals surface area contributed by atoms with Crippen LogP contribution in [0.1, 0.15) is 0 Å². The standard InChI is InChI=1S/C16H14FN3O2S/c17-15-1-3-16(4-2-15)23(21,22)10-9-20-12-14(11-19-20)13-5-7-18-8-6-13/h1-8,11-12H,9-10H2. The fourth-order valence-electron chi connectivity index (χ4n) is 2.15. The molecule has 3 aromatic rings. The summed E-state index contributed by atoms with van der Waals surface area (Å²) >= 11 is 0. The molecule has 2 aromatic heterocycles. The van der Waals surface area contributed by atoms with Crippen molar-refractivity contribution >= 4 is 9.84 Å². The molecule has 118 valence electrons. The highest BCUT2D eigenvalue weighted by Crippen LogP contribution is 2.17. The molecule has 0 aliphatic rings. The van der Waals surface area contributed by atoms with Crippen LogP contribution < -0.4 is 0 Å². The molecule has 1 aromatic carbocycles. The van der Waals surface area contributed by atoms with Gasteiger partial charge in [0.05, 0.1) is 23.4 Å². The number of benzene rings is 1. The van der Waals surface area contributed by atoms with E-state index in [4.69, 9.17) is 0 Å². The van der Waals surface area contributed by atoms with Gasteiger partial charge in [-0.05, 0) is 42.0 Å². The minimum Gasteiger partial charge on any atom is -0.271 e. The van der Waals surface area contributed by atoms with Crippen molar-refractivity contribution in [2.24, 2.45) is 0 Å². The second-order valence-electron chi connectivity index (χ2n) is 5.00. The number of aryl methyl sites for hydroxylation is 1. The first-order valence-electron chi connectivity index (χ1n) is 6.96. The Morgan fingerprint density at radius 1 is 1.00 bits per heavy atom. The number of aromatic nitrogens is 3. The number of rotatable bonds is 5. The molecule has 2 heterocycles. The highest BCUT2D eigenvalue weighted by molar-refractivity contribution is 7.91. The second-order valence-corrected chi connectivity index (χ2v) is 7.11. The van der Waals surface area contributed by atoms with E-state index in [9.17, 15) is 12.8 Å². The Hall–Kier alpha value is -2.54. The first-order chi connectivity index (χ1) is 11.0. The van der Waals surface area contributed by atoms with Crippen molar-refractivity contribution in [1.82, 2.24) is 14.8 Å². The number of sulfone groups is 1. The summed E-state index contributed by atoms with van der Waals surface area (Å²) < 4.78 is 38.9. The van der Waals surface area contributed by atoms with Crippen molar-refractivity contribution in [1.29, 1.82) is 0 Å². The number of hydrogen-bond donors (Lipinski definition) is 0. The molecule has 0 atom stereocenters. The summed E-state index contributed by atoms with van der Waals surface area (Å²) in [5, 5.41) is 4.18. The molecule has 0 radical (unpaired) electrons. The van der Waals surface area contributed by atoms with Gasteiger partial charge in [-0.15, -0.1) is 0 Å². The highest BCUT2D eigenvalue weighted by Gasteiger charge is 2.15. The number of nitrogens with zero attached hydrogens (tertiary/aromatic N) is 3. The molecule has 0 spiro atoms. The highest BCUT2D eigenvalue weighted by atomic mass is 32.2. The molecule has 0 aliphatic heterocycles. The van der Waals surface area contributed by atoms with Gasteiger partial charge >= 0.3 is 0 Å². The van der Waals surface area contributed by atoms with E-state index in [-0.39, 0.29) is 17.2 Å². The van der Waals surface area contributed by atoms with Crippen LogP contribution in [0.5, 0.6) is 0 Å². The van der Waals surface area contributed by atoms with Crippen molar-refractivity contribution in [3.8, 4) is 11.1 Å². The largest absolute Gasteiger partial charge is 0.271 e. The zero-order chi connectivity index (χ0) is 16.3. The molecular weight excluding hydrogens is 317 g/mol. The number of hydrogen-bond acceptors (Lipinski definition) is 4. The maximum Gasteiger partial charge on any atom is 0.180 e. The normalized spacial score (nSPS) is 11.5. The van der Waals surface area contributed by atoms with Crippen LogP contribution in [0.4, 0.5) is 4.39 Å². The predicted octanol–water partition coefficient (Wildman–Crippen LogP) is 2.56. The van der Waals surface area contributed by atoms with Crippen molar-refractivity contribution in [2.75, 3.05) is 5.75 Å². The van der Waals surface area contributed by atoms with Crippen LogP contribution >= 0.6 is 0 Å². The summed E-state index contributed by atoms with van der Waals surface area (Å²) in [7, 11) is -3.47. The van der Waals surface area contributed by atoms with E-state index in [0.717, 1.165) is 23.3 Å². The van der Waals surface area contributed by atoms with Gasteiger partial charge in [-0.2, -0.15) is 5.10 Å². The summed E-state index contributed by atoms with van der Waals surface area (Å²) in [6, 6.07) is 8.55. The van der Waals surface area contributed by atoms with Gasteiger partial charge in [-0.3, -0.25) is 9.67 Å². The van der Waals surface area contributed by atoms with Gasteiger partial charge in [-0.25, -0.2) is 12.8 Å². The molecule has 0 unspecified atom stereocenters. The Labute approximate surface area is 133 Å². The topological polar surface area (TPSA) is 64.8 Å². The lowest BCUT2D eigenvalue weighted by Crippen LogP contribution is -2.13. The van der Waals surface area contributed by atoms with Gasteiger partial charge in [-0.1, -0.05) is 0 Å². The monoisotopic (exact) mass is 331 g/mol. The molecule has 3 rings (SSSR count). The first kappa shape index (κ1) is 15.4. The Morgan fingerprint density at radius 3 is 2.39 bits per heavy atom. The number of pyridine rings is 1. The molecular formula is C16H14FN3O2S. The van der Waals surface area contributed by atoms with Crippen molar-refractivity contribution in [3.05, 3.63) is 67.0 Å². The quantitative estimate of drug-likeness (QED) is 0.674. The molecule has 0 N–H and O–H groups in total. The maximum absolute atomic E-state index is 12.9. The van der Waals surface area contributed by atoms with Crippen molar-refractivity contribution in [3.63, 3.8) is 0 Å². The second kappa shape index (κ2) is 6.29. The summed E-state index contributed by atoms with van der Waals surface area (Å²) in [4.78, 5) is 4.06. The maximum atomic E-state index is 12.9. The van der Waals surface area contributed by atoms with Crippen LogP contribution in [-0.4, -0.2) is 28.9 Å². The molecule has 0 saturated carbocycles. The predicted molar refractivity (Wildman–Crippen MR) is 83.9 cm³/mol. The lowest BCUT2D eigenvalue weighted by atomic mass is 10.1. The van der Waals surface area contributed by atoms with Gasteiger partial charge < -0.3 is 0 Å². The van der Waals surface area contributed by atoms with Gasteiger partial charge in [0.15, 0.2) is 9.84 Å². The zero-order valence-corrected chi connectivity index (χ0v) is 12.9. The molecule has 0 amide bonds. The third-order valence-corrected chi connectivity index (χ3v) is 5.12. The smallest absolute Gasteiger partial charge is 0.180 e. The van der Waals surface area contributed by atoms with Gasteiger partial charge in [0.2, 0.25) is 0 Å². The van der Waals surface area contributed by atoms with Crippen LogP contribution in [-0.2, 0) is 16.4 Å². The van der Waals surface area contributed by atoms with Gasteiger partial charge in [0, 0.05) is 24.2 Å². The molecule has 0 aliphatic carbocycles. The van der Waals surface area contributed by atoms with E-state index in [1.807, 2.05) is 12.1 Å². The Bertz CT molecular complexity index is 891. The van der Waals surface area contributed by atoms with Crippen LogP contribution in [0.15, 0.2) is 66.1 Å². The third-order valence-electron chi connectivity index (χ3n) is 3.41. The third kappa shape index (κ3) is 3.62. The SMILES string of the molecule is O=S(=O)(CCn1cc(-c2ccncc2)cn1)c1ccc(F)cc1. The Morgan fingerprint density at radius 2 is 1.70 bits per heavy atom.